The molecular formula is C20H31N3O2. The number of anilines is 1. The van der Waals surface area contributed by atoms with Crippen LogP contribution in [0.3, 0.4) is 0 Å². The normalized spacial score (nSPS) is 15.7. The number of carbonyl (C=O) groups is 2. The molecule has 0 unspecified atom stereocenters. The van der Waals surface area contributed by atoms with Crippen molar-refractivity contribution in [3.05, 3.63) is 29.8 Å². The molecule has 1 saturated carbocycles. The first kappa shape index (κ1) is 19.4. The third kappa shape index (κ3) is 5.56. The van der Waals surface area contributed by atoms with E-state index < -0.39 is 0 Å². The summed E-state index contributed by atoms with van der Waals surface area (Å²) in [6.45, 7) is 5.18. The molecule has 1 fully saturated rings. The zero-order valence-electron chi connectivity index (χ0n) is 15.7. The molecule has 0 aliphatic heterocycles. The molecule has 0 bridgehead atoms. The summed E-state index contributed by atoms with van der Waals surface area (Å²) < 4.78 is 0. The van der Waals surface area contributed by atoms with Gasteiger partial charge in [-0.15, -0.1) is 0 Å². The maximum absolute atomic E-state index is 12.7. The number of nitrogens with two attached hydrogens (primary N) is 1. The molecule has 1 aromatic rings. The van der Waals surface area contributed by atoms with Gasteiger partial charge in [-0.05, 0) is 43.0 Å². The van der Waals surface area contributed by atoms with Gasteiger partial charge in [0.05, 0.1) is 0 Å². The van der Waals surface area contributed by atoms with Crippen LogP contribution in [0.25, 0.3) is 0 Å². The van der Waals surface area contributed by atoms with Gasteiger partial charge < -0.3 is 16.0 Å². The monoisotopic (exact) mass is 345 g/mol. The fraction of sp³-hybridized carbons (Fsp3) is 0.600. The Morgan fingerprint density at radius 2 is 1.92 bits per heavy atom. The van der Waals surface area contributed by atoms with Gasteiger partial charge in [-0.1, -0.05) is 39.2 Å². The van der Waals surface area contributed by atoms with E-state index in [0.29, 0.717) is 24.3 Å². The molecule has 1 aromatic carbocycles. The van der Waals surface area contributed by atoms with Gasteiger partial charge in [-0.2, -0.15) is 0 Å². The van der Waals surface area contributed by atoms with Gasteiger partial charge in [-0.25, -0.2) is 0 Å². The lowest BCUT2D eigenvalue weighted by atomic mass is 9.88. The quantitative estimate of drug-likeness (QED) is 0.831. The number of amides is 2. The zero-order chi connectivity index (χ0) is 18.4. The highest BCUT2D eigenvalue weighted by Gasteiger charge is 2.23. The molecule has 1 aliphatic rings. The SMILES string of the molecule is CN(CC(C)(C)CN)C(=O)c1cccc(NC(=O)C2CCCCC2)c1. The number of carbonyl (C=O) groups excluding carboxylic acids is 2. The molecule has 5 heteroatoms. The highest BCUT2D eigenvalue weighted by molar-refractivity contribution is 5.97. The molecule has 25 heavy (non-hydrogen) atoms. The van der Waals surface area contributed by atoms with Crippen molar-refractivity contribution in [1.29, 1.82) is 0 Å². The molecule has 0 atom stereocenters. The van der Waals surface area contributed by atoms with Gasteiger partial charge in [0.25, 0.3) is 5.91 Å². The van der Waals surface area contributed by atoms with E-state index in [-0.39, 0.29) is 23.1 Å². The van der Waals surface area contributed by atoms with Crippen LogP contribution >= 0.6 is 0 Å². The van der Waals surface area contributed by atoms with Crippen molar-refractivity contribution in [2.75, 3.05) is 25.5 Å². The number of nitrogens with one attached hydrogen (secondary N) is 1. The van der Waals surface area contributed by atoms with Crippen LogP contribution in [0, 0.1) is 11.3 Å². The van der Waals surface area contributed by atoms with Crippen LogP contribution in [-0.2, 0) is 4.79 Å². The van der Waals surface area contributed by atoms with E-state index in [1.807, 2.05) is 26.0 Å². The van der Waals surface area contributed by atoms with E-state index in [4.69, 9.17) is 5.73 Å². The average Bonchev–Trinajstić information content (AvgIpc) is 2.61. The molecular weight excluding hydrogens is 314 g/mol. The predicted octanol–water partition coefficient (Wildman–Crippen LogP) is 3.26. The fourth-order valence-corrected chi connectivity index (χ4v) is 3.34. The van der Waals surface area contributed by atoms with Gasteiger partial charge in [0.15, 0.2) is 0 Å². The van der Waals surface area contributed by atoms with E-state index in [0.717, 1.165) is 25.7 Å². The lowest BCUT2D eigenvalue weighted by Gasteiger charge is -2.29. The number of nitrogens with zero attached hydrogens (tertiary/aromatic N) is 1. The number of benzene rings is 1. The largest absolute Gasteiger partial charge is 0.341 e. The lowest BCUT2D eigenvalue weighted by molar-refractivity contribution is -0.120. The molecule has 1 aliphatic carbocycles. The number of hydrogen-bond donors (Lipinski definition) is 2. The summed E-state index contributed by atoms with van der Waals surface area (Å²) in [5.41, 5.74) is 6.90. The van der Waals surface area contributed by atoms with E-state index in [9.17, 15) is 9.59 Å². The van der Waals surface area contributed by atoms with Gasteiger partial charge in [-0.3, -0.25) is 9.59 Å². The zero-order valence-corrected chi connectivity index (χ0v) is 15.7. The van der Waals surface area contributed by atoms with Gasteiger partial charge in [0, 0.05) is 30.8 Å². The van der Waals surface area contributed by atoms with Crippen molar-refractivity contribution in [3.8, 4) is 0 Å². The molecule has 2 rings (SSSR count). The van der Waals surface area contributed by atoms with Crippen LogP contribution in [0.2, 0.25) is 0 Å². The Kier molecular flexibility index (Phi) is 6.59. The van der Waals surface area contributed by atoms with Gasteiger partial charge >= 0.3 is 0 Å². The first-order valence-corrected chi connectivity index (χ1v) is 9.19. The summed E-state index contributed by atoms with van der Waals surface area (Å²) in [4.78, 5) is 26.7. The van der Waals surface area contributed by atoms with Crippen molar-refractivity contribution in [3.63, 3.8) is 0 Å². The molecule has 0 radical (unpaired) electrons. The molecule has 5 nitrogen and oxygen atoms in total. The van der Waals surface area contributed by atoms with Crippen molar-refractivity contribution < 1.29 is 9.59 Å². The highest BCUT2D eigenvalue weighted by atomic mass is 16.2. The van der Waals surface area contributed by atoms with E-state index in [1.165, 1.54) is 6.42 Å². The Labute approximate surface area is 151 Å². The maximum atomic E-state index is 12.7. The van der Waals surface area contributed by atoms with Crippen LogP contribution in [0.1, 0.15) is 56.3 Å². The summed E-state index contributed by atoms with van der Waals surface area (Å²) in [6.07, 6.45) is 5.39. The summed E-state index contributed by atoms with van der Waals surface area (Å²) in [6, 6.07) is 7.19. The minimum atomic E-state index is -0.128. The second-order valence-electron chi connectivity index (χ2n) is 7.93. The second kappa shape index (κ2) is 8.48. The standard InChI is InChI=1S/C20H31N3O2/c1-20(2,13-21)14-23(3)19(25)16-10-7-11-17(12-16)22-18(24)15-8-5-4-6-9-15/h7,10-12,15H,4-6,8-9,13-14,21H2,1-3H3,(H,22,24). The Bertz CT molecular complexity index is 607. The van der Waals surface area contributed by atoms with Crippen molar-refractivity contribution >= 4 is 17.5 Å². The molecule has 2 amide bonds. The van der Waals surface area contributed by atoms with Gasteiger partial charge in [0.1, 0.15) is 0 Å². The summed E-state index contributed by atoms with van der Waals surface area (Å²) >= 11 is 0. The first-order valence-electron chi connectivity index (χ1n) is 9.19. The van der Waals surface area contributed by atoms with E-state index >= 15 is 0 Å². The third-order valence-electron chi connectivity index (χ3n) is 4.92. The highest BCUT2D eigenvalue weighted by Crippen LogP contribution is 2.25. The molecule has 0 heterocycles. The Morgan fingerprint density at radius 3 is 2.56 bits per heavy atom. The molecule has 3 N–H and O–H groups in total. The Balaban J connectivity index is 2.02. The number of rotatable bonds is 6. The maximum Gasteiger partial charge on any atom is 0.253 e. The average molecular weight is 345 g/mol. The van der Waals surface area contributed by atoms with Gasteiger partial charge in [0.2, 0.25) is 5.91 Å². The predicted molar refractivity (Wildman–Crippen MR) is 101 cm³/mol. The summed E-state index contributed by atoms with van der Waals surface area (Å²) in [7, 11) is 1.78. The van der Waals surface area contributed by atoms with Crippen LogP contribution in [0.15, 0.2) is 24.3 Å². The van der Waals surface area contributed by atoms with Crippen molar-refractivity contribution in [2.24, 2.45) is 17.1 Å². The minimum absolute atomic E-state index is 0.0599. The summed E-state index contributed by atoms with van der Waals surface area (Å²) in [5, 5.41) is 2.98. The molecule has 138 valence electrons. The molecule has 0 saturated heterocycles. The van der Waals surface area contributed by atoms with E-state index in [1.54, 1.807) is 24.1 Å². The van der Waals surface area contributed by atoms with E-state index in [2.05, 4.69) is 5.32 Å². The van der Waals surface area contributed by atoms with Crippen LogP contribution < -0.4 is 11.1 Å². The third-order valence-corrected chi connectivity index (χ3v) is 4.92. The minimum Gasteiger partial charge on any atom is -0.341 e. The van der Waals surface area contributed by atoms with Crippen LogP contribution in [0.5, 0.6) is 0 Å². The topological polar surface area (TPSA) is 75.4 Å². The summed E-state index contributed by atoms with van der Waals surface area (Å²) in [5.74, 6) is 0.110. The Hall–Kier alpha value is -1.88. The fourth-order valence-electron chi connectivity index (χ4n) is 3.34. The Morgan fingerprint density at radius 1 is 1.24 bits per heavy atom. The van der Waals surface area contributed by atoms with Crippen LogP contribution in [-0.4, -0.2) is 36.9 Å². The van der Waals surface area contributed by atoms with Crippen molar-refractivity contribution in [1.82, 2.24) is 4.90 Å². The number of hydrogen-bond acceptors (Lipinski definition) is 3. The first-order chi connectivity index (χ1) is 11.8. The lowest BCUT2D eigenvalue weighted by Crippen LogP contribution is -2.39. The smallest absolute Gasteiger partial charge is 0.253 e. The van der Waals surface area contributed by atoms with Crippen molar-refractivity contribution in [2.45, 2.75) is 46.0 Å². The molecule has 0 spiro atoms. The second-order valence-corrected chi connectivity index (χ2v) is 7.93. The van der Waals surface area contributed by atoms with Crippen LogP contribution in [0.4, 0.5) is 5.69 Å². The molecule has 0 aromatic heterocycles.